The molecule has 94 valence electrons. The molecule has 2 N–H and O–H groups in total. The summed E-state index contributed by atoms with van der Waals surface area (Å²) < 4.78 is 14.9. The van der Waals surface area contributed by atoms with E-state index < -0.39 is 0 Å². The number of aromatic nitrogens is 2. The molecule has 0 unspecified atom stereocenters. The van der Waals surface area contributed by atoms with Crippen molar-refractivity contribution in [1.82, 2.24) is 9.55 Å². The summed E-state index contributed by atoms with van der Waals surface area (Å²) in [6, 6.07) is 6.26. The zero-order valence-corrected chi connectivity index (χ0v) is 10.4. The Kier molecular flexibility index (Phi) is 3.99. The predicted molar refractivity (Wildman–Crippen MR) is 68.1 cm³/mol. The van der Waals surface area contributed by atoms with Crippen molar-refractivity contribution in [3.8, 4) is 5.69 Å². The third-order valence-electron chi connectivity index (χ3n) is 2.27. The molecule has 6 heteroatoms. The molecular formula is C12H12FN3OS. The lowest BCUT2D eigenvalue weighted by molar-refractivity contribution is -0.117. The van der Waals surface area contributed by atoms with E-state index in [0.29, 0.717) is 23.0 Å². The average molecular weight is 265 g/mol. The van der Waals surface area contributed by atoms with E-state index in [2.05, 4.69) is 4.98 Å². The van der Waals surface area contributed by atoms with Crippen molar-refractivity contribution in [2.75, 3.05) is 5.75 Å². The maximum atomic E-state index is 13.1. The van der Waals surface area contributed by atoms with E-state index in [-0.39, 0.29) is 11.7 Å². The molecule has 0 atom stereocenters. The Morgan fingerprint density at radius 3 is 3.06 bits per heavy atom. The Balaban J connectivity index is 2.15. The van der Waals surface area contributed by atoms with Gasteiger partial charge in [0.05, 0.1) is 5.69 Å². The highest BCUT2D eigenvalue weighted by atomic mass is 32.2. The number of nitrogens with zero attached hydrogens (tertiary/aromatic N) is 2. The molecule has 0 aliphatic heterocycles. The molecule has 2 rings (SSSR count). The number of amides is 1. The van der Waals surface area contributed by atoms with Gasteiger partial charge in [-0.3, -0.25) is 9.36 Å². The summed E-state index contributed by atoms with van der Waals surface area (Å²) in [6.07, 6.45) is 3.68. The van der Waals surface area contributed by atoms with Gasteiger partial charge in [0, 0.05) is 24.6 Å². The molecule has 0 saturated heterocycles. The summed E-state index contributed by atoms with van der Waals surface area (Å²) in [4.78, 5) is 14.8. The molecule has 18 heavy (non-hydrogen) atoms. The van der Waals surface area contributed by atoms with Crippen LogP contribution in [0.2, 0.25) is 0 Å². The molecule has 1 aromatic heterocycles. The van der Waals surface area contributed by atoms with Crippen molar-refractivity contribution in [2.24, 2.45) is 5.73 Å². The first-order valence-corrected chi connectivity index (χ1v) is 6.36. The van der Waals surface area contributed by atoms with Gasteiger partial charge in [-0.25, -0.2) is 9.37 Å². The fraction of sp³-hybridized carbons (Fsp3) is 0.167. The smallest absolute Gasteiger partial charge is 0.218 e. The second-order valence-electron chi connectivity index (χ2n) is 3.62. The van der Waals surface area contributed by atoms with Crippen molar-refractivity contribution >= 4 is 17.7 Å². The first-order valence-electron chi connectivity index (χ1n) is 5.37. The normalized spacial score (nSPS) is 10.5. The molecule has 1 heterocycles. The molecule has 0 bridgehead atoms. The molecule has 0 aliphatic rings. The Hall–Kier alpha value is -1.82. The van der Waals surface area contributed by atoms with E-state index in [4.69, 9.17) is 5.73 Å². The van der Waals surface area contributed by atoms with Crippen LogP contribution in [0, 0.1) is 5.82 Å². The average Bonchev–Trinajstić information content (AvgIpc) is 2.77. The summed E-state index contributed by atoms with van der Waals surface area (Å²) >= 11 is 1.41. The predicted octanol–water partition coefficient (Wildman–Crippen LogP) is 1.98. The molecule has 0 saturated carbocycles. The van der Waals surface area contributed by atoms with Gasteiger partial charge in [0.1, 0.15) is 5.82 Å². The van der Waals surface area contributed by atoms with Gasteiger partial charge in [-0.15, -0.1) is 0 Å². The van der Waals surface area contributed by atoms with E-state index in [0.717, 1.165) is 0 Å². The standard InChI is InChI=1S/C12H12FN3OS/c13-9-2-1-3-10(8-9)16-6-5-15-12(16)18-7-4-11(14)17/h1-3,5-6,8H,4,7H2,(H2,14,17). The highest BCUT2D eigenvalue weighted by Gasteiger charge is 2.07. The van der Waals surface area contributed by atoms with Gasteiger partial charge in [-0.1, -0.05) is 17.8 Å². The molecular weight excluding hydrogens is 253 g/mol. The number of carbonyl (C=O) groups is 1. The topological polar surface area (TPSA) is 60.9 Å². The van der Waals surface area contributed by atoms with E-state index in [9.17, 15) is 9.18 Å². The van der Waals surface area contributed by atoms with Gasteiger partial charge in [0.2, 0.25) is 5.91 Å². The number of hydrogen-bond donors (Lipinski definition) is 1. The van der Waals surface area contributed by atoms with Crippen LogP contribution in [0.5, 0.6) is 0 Å². The van der Waals surface area contributed by atoms with Gasteiger partial charge < -0.3 is 5.73 Å². The zero-order chi connectivity index (χ0) is 13.0. The van der Waals surface area contributed by atoms with Crippen molar-refractivity contribution in [1.29, 1.82) is 0 Å². The van der Waals surface area contributed by atoms with Gasteiger partial charge in [0.25, 0.3) is 0 Å². The molecule has 1 amide bonds. The first-order chi connectivity index (χ1) is 8.66. The minimum absolute atomic E-state index is 0.292. The quantitative estimate of drug-likeness (QED) is 0.841. The van der Waals surface area contributed by atoms with Gasteiger partial charge in [0.15, 0.2) is 5.16 Å². The zero-order valence-electron chi connectivity index (χ0n) is 9.54. The Bertz CT molecular complexity index is 556. The number of primary amides is 1. The molecule has 2 aromatic rings. The Labute approximate surface area is 108 Å². The summed E-state index contributed by atoms with van der Waals surface area (Å²) in [5, 5.41) is 0.710. The van der Waals surface area contributed by atoms with Crippen LogP contribution < -0.4 is 5.73 Å². The van der Waals surface area contributed by atoms with Crippen molar-refractivity contribution < 1.29 is 9.18 Å². The minimum Gasteiger partial charge on any atom is -0.370 e. The maximum absolute atomic E-state index is 13.1. The molecule has 1 aromatic carbocycles. The summed E-state index contributed by atoms with van der Waals surface area (Å²) in [7, 11) is 0. The SMILES string of the molecule is NC(=O)CCSc1nccn1-c1cccc(F)c1. The number of halogens is 1. The van der Waals surface area contributed by atoms with Crippen molar-refractivity contribution in [3.63, 3.8) is 0 Å². The van der Waals surface area contributed by atoms with Crippen LogP contribution in [0.4, 0.5) is 4.39 Å². The van der Waals surface area contributed by atoms with Crippen LogP contribution in [0.3, 0.4) is 0 Å². The lowest BCUT2D eigenvalue weighted by Crippen LogP contribution is -2.11. The largest absolute Gasteiger partial charge is 0.370 e. The lowest BCUT2D eigenvalue weighted by Gasteiger charge is -2.06. The van der Waals surface area contributed by atoms with Crippen LogP contribution in [-0.2, 0) is 4.79 Å². The molecule has 0 spiro atoms. The second kappa shape index (κ2) is 5.68. The van der Waals surface area contributed by atoms with Gasteiger partial charge >= 0.3 is 0 Å². The van der Waals surface area contributed by atoms with Crippen molar-refractivity contribution in [2.45, 2.75) is 11.6 Å². The van der Waals surface area contributed by atoms with Crippen LogP contribution in [0.1, 0.15) is 6.42 Å². The van der Waals surface area contributed by atoms with Gasteiger partial charge in [-0.05, 0) is 18.2 Å². The van der Waals surface area contributed by atoms with E-state index in [1.165, 1.54) is 23.9 Å². The summed E-state index contributed by atoms with van der Waals surface area (Å²) in [5.41, 5.74) is 5.77. The molecule has 0 fully saturated rings. The van der Waals surface area contributed by atoms with Gasteiger partial charge in [-0.2, -0.15) is 0 Å². The fourth-order valence-corrected chi connectivity index (χ4v) is 2.39. The summed E-state index contributed by atoms with van der Waals surface area (Å²) in [5.74, 6) is -0.0811. The number of carbonyl (C=O) groups excluding carboxylic acids is 1. The third-order valence-corrected chi connectivity index (χ3v) is 3.24. The number of rotatable bonds is 5. The first kappa shape index (κ1) is 12.6. The van der Waals surface area contributed by atoms with Crippen molar-refractivity contribution in [3.05, 3.63) is 42.5 Å². The van der Waals surface area contributed by atoms with E-state index in [1.807, 2.05) is 0 Å². The number of benzene rings is 1. The second-order valence-corrected chi connectivity index (χ2v) is 4.69. The fourth-order valence-electron chi connectivity index (χ4n) is 1.46. The van der Waals surface area contributed by atoms with Crippen LogP contribution in [0.25, 0.3) is 5.69 Å². The third kappa shape index (κ3) is 3.10. The monoisotopic (exact) mass is 265 g/mol. The van der Waals surface area contributed by atoms with E-state index >= 15 is 0 Å². The number of nitrogens with two attached hydrogens (primary N) is 1. The van der Waals surface area contributed by atoms with Crippen LogP contribution >= 0.6 is 11.8 Å². The highest BCUT2D eigenvalue weighted by molar-refractivity contribution is 7.99. The number of thioether (sulfide) groups is 1. The molecule has 0 aliphatic carbocycles. The number of imidazole rings is 1. The van der Waals surface area contributed by atoms with Crippen LogP contribution in [0.15, 0.2) is 41.8 Å². The van der Waals surface area contributed by atoms with E-state index in [1.54, 1.807) is 29.1 Å². The maximum Gasteiger partial charge on any atom is 0.218 e. The molecule has 4 nitrogen and oxygen atoms in total. The minimum atomic E-state index is -0.341. The van der Waals surface area contributed by atoms with Crippen LogP contribution in [-0.4, -0.2) is 21.2 Å². The lowest BCUT2D eigenvalue weighted by atomic mass is 10.3. The summed E-state index contributed by atoms with van der Waals surface area (Å²) in [6.45, 7) is 0. The molecule has 0 radical (unpaired) electrons. The highest BCUT2D eigenvalue weighted by Crippen LogP contribution is 2.21. The number of hydrogen-bond acceptors (Lipinski definition) is 3. The Morgan fingerprint density at radius 1 is 1.50 bits per heavy atom. The Morgan fingerprint density at radius 2 is 2.33 bits per heavy atom.